The number of phenolic OH excluding ortho intramolecular Hbond substituents is 1. The molecule has 0 spiro atoms. The third kappa shape index (κ3) is 3.92. The maximum absolute atomic E-state index is 11.2. The molecule has 7 rings (SSSR count). The van der Waals surface area contributed by atoms with Crippen LogP contribution in [-0.2, 0) is 5.41 Å². The molecule has 0 bridgehead atoms. The van der Waals surface area contributed by atoms with Crippen LogP contribution in [0.4, 0.5) is 11.4 Å². The standard InChI is InChI=1S/C38H26ClNO2/c1-2-3-4-5-12-24-38(28-17-9-10-20-32(28)41)27-16-8-6-14-25(27)35-29(38)18-13-19-30(35)40-31-22-23-34-36(37(31)39)26-15-7-11-21-33(26)42-34/h1,3-23,40-41H,24H2/b4-3-,12-5-. The summed E-state index contributed by atoms with van der Waals surface area (Å²) in [5.74, 6) is 2.79. The zero-order chi connectivity index (χ0) is 28.7. The summed E-state index contributed by atoms with van der Waals surface area (Å²) in [6.45, 7) is 0. The number of halogens is 1. The van der Waals surface area contributed by atoms with Crippen LogP contribution in [0, 0.1) is 12.3 Å². The predicted octanol–water partition coefficient (Wildman–Crippen LogP) is 10.1. The SMILES string of the molecule is C#C/C=C\C=C/CC1(c2ccccc2O)c2ccccc2-c2c(Nc3ccc4oc5ccccc5c4c3Cl)cccc21. The van der Waals surface area contributed by atoms with Crippen molar-refractivity contribution in [2.24, 2.45) is 0 Å². The highest BCUT2D eigenvalue weighted by atomic mass is 35.5. The van der Waals surface area contributed by atoms with Gasteiger partial charge in [0.1, 0.15) is 16.9 Å². The van der Waals surface area contributed by atoms with Crippen molar-refractivity contribution in [3.8, 4) is 29.2 Å². The lowest BCUT2D eigenvalue weighted by Gasteiger charge is -2.32. The van der Waals surface area contributed by atoms with Gasteiger partial charge in [-0.2, -0.15) is 0 Å². The van der Waals surface area contributed by atoms with Gasteiger partial charge in [0.25, 0.3) is 0 Å². The zero-order valence-electron chi connectivity index (χ0n) is 22.6. The summed E-state index contributed by atoms with van der Waals surface area (Å²) in [6.07, 6.45) is 13.6. The summed E-state index contributed by atoms with van der Waals surface area (Å²) in [5.41, 5.74) is 7.93. The summed E-state index contributed by atoms with van der Waals surface area (Å²) in [5, 5.41) is 17.4. The number of benzene rings is 5. The minimum Gasteiger partial charge on any atom is -0.508 e. The summed E-state index contributed by atoms with van der Waals surface area (Å²) in [4.78, 5) is 0. The van der Waals surface area contributed by atoms with Gasteiger partial charge < -0.3 is 14.8 Å². The van der Waals surface area contributed by atoms with E-state index in [-0.39, 0.29) is 5.75 Å². The van der Waals surface area contributed by atoms with E-state index in [1.54, 1.807) is 12.1 Å². The largest absolute Gasteiger partial charge is 0.508 e. The number of furan rings is 1. The van der Waals surface area contributed by atoms with Crippen LogP contribution in [0.15, 0.2) is 132 Å². The number of allylic oxidation sites excluding steroid dienone is 4. The molecule has 5 aromatic carbocycles. The van der Waals surface area contributed by atoms with E-state index in [0.29, 0.717) is 11.4 Å². The Bertz CT molecular complexity index is 2090. The number of hydrogen-bond donors (Lipinski definition) is 2. The Labute approximate surface area is 249 Å². The molecule has 4 heteroatoms. The second-order valence-electron chi connectivity index (χ2n) is 10.4. The molecule has 1 unspecified atom stereocenters. The van der Waals surface area contributed by atoms with Crippen molar-refractivity contribution >= 4 is 44.9 Å². The summed E-state index contributed by atoms with van der Waals surface area (Å²) in [6, 6.07) is 34.2. The van der Waals surface area contributed by atoms with Crippen molar-refractivity contribution in [3.05, 3.63) is 149 Å². The molecule has 202 valence electrons. The number of rotatable bonds is 6. The second-order valence-corrected chi connectivity index (χ2v) is 10.8. The number of fused-ring (bicyclic) bond motifs is 6. The number of aromatic hydroxyl groups is 1. The first-order valence-corrected chi connectivity index (χ1v) is 14.2. The summed E-state index contributed by atoms with van der Waals surface area (Å²) in [7, 11) is 0. The van der Waals surface area contributed by atoms with Gasteiger partial charge in [0, 0.05) is 27.6 Å². The number of hydrogen-bond acceptors (Lipinski definition) is 3. The predicted molar refractivity (Wildman–Crippen MR) is 174 cm³/mol. The Morgan fingerprint density at radius 2 is 1.55 bits per heavy atom. The minimum atomic E-state index is -0.621. The molecule has 3 nitrogen and oxygen atoms in total. The molecule has 1 aliphatic rings. The van der Waals surface area contributed by atoms with Crippen molar-refractivity contribution in [1.29, 1.82) is 0 Å². The van der Waals surface area contributed by atoms with Gasteiger partial charge in [0.15, 0.2) is 0 Å². The van der Waals surface area contributed by atoms with Crippen LogP contribution in [0.5, 0.6) is 5.75 Å². The third-order valence-electron chi connectivity index (χ3n) is 8.16. The van der Waals surface area contributed by atoms with Crippen LogP contribution in [0.25, 0.3) is 33.1 Å². The smallest absolute Gasteiger partial charge is 0.137 e. The lowest BCUT2D eigenvalue weighted by molar-refractivity contribution is 0.454. The van der Waals surface area contributed by atoms with Gasteiger partial charge in [-0.25, -0.2) is 0 Å². The minimum absolute atomic E-state index is 0.256. The van der Waals surface area contributed by atoms with Gasteiger partial charge in [-0.15, -0.1) is 6.42 Å². The molecule has 1 heterocycles. The van der Waals surface area contributed by atoms with E-state index in [1.807, 2.05) is 66.7 Å². The third-order valence-corrected chi connectivity index (χ3v) is 8.55. The quantitative estimate of drug-likeness (QED) is 0.156. The van der Waals surface area contributed by atoms with Gasteiger partial charge in [-0.05, 0) is 59.5 Å². The Hall–Kier alpha value is -5.17. The first-order chi connectivity index (χ1) is 20.6. The average molecular weight is 564 g/mol. The molecule has 1 atom stereocenters. The lowest BCUT2D eigenvalue weighted by atomic mass is 9.69. The number of phenols is 1. The van der Waals surface area contributed by atoms with E-state index < -0.39 is 5.41 Å². The molecule has 6 aromatic rings. The molecule has 42 heavy (non-hydrogen) atoms. The number of para-hydroxylation sites is 2. The Morgan fingerprint density at radius 1 is 0.786 bits per heavy atom. The van der Waals surface area contributed by atoms with Crippen molar-refractivity contribution < 1.29 is 9.52 Å². The molecule has 2 N–H and O–H groups in total. The van der Waals surface area contributed by atoms with Gasteiger partial charge in [0.05, 0.1) is 16.1 Å². The van der Waals surface area contributed by atoms with E-state index in [9.17, 15) is 5.11 Å². The first kappa shape index (κ1) is 25.8. The maximum Gasteiger partial charge on any atom is 0.137 e. The van der Waals surface area contributed by atoms with Crippen LogP contribution in [0.2, 0.25) is 5.02 Å². The monoisotopic (exact) mass is 563 g/mol. The van der Waals surface area contributed by atoms with E-state index in [1.165, 1.54) is 0 Å². The number of nitrogens with one attached hydrogen (secondary N) is 1. The molecular formula is C38H26ClNO2. The lowest BCUT2D eigenvalue weighted by Crippen LogP contribution is -2.26. The van der Waals surface area contributed by atoms with Crippen LogP contribution in [0.3, 0.4) is 0 Å². The van der Waals surface area contributed by atoms with E-state index in [0.717, 1.165) is 61.1 Å². The zero-order valence-corrected chi connectivity index (χ0v) is 23.4. The van der Waals surface area contributed by atoms with Crippen molar-refractivity contribution in [2.75, 3.05) is 5.32 Å². The van der Waals surface area contributed by atoms with Crippen molar-refractivity contribution in [1.82, 2.24) is 0 Å². The van der Waals surface area contributed by atoms with E-state index in [4.69, 9.17) is 22.4 Å². The van der Waals surface area contributed by atoms with Gasteiger partial charge in [0.2, 0.25) is 0 Å². The molecule has 0 radical (unpaired) electrons. The molecule has 0 fully saturated rings. The second kappa shape index (κ2) is 10.3. The van der Waals surface area contributed by atoms with Crippen LogP contribution < -0.4 is 5.32 Å². The highest BCUT2D eigenvalue weighted by Crippen LogP contribution is 2.58. The maximum atomic E-state index is 11.2. The molecule has 0 saturated carbocycles. The van der Waals surface area contributed by atoms with Gasteiger partial charge in [-0.1, -0.05) is 109 Å². The Morgan fingerprint density at radius 3 is 2.40 bits per heavy atom. The topological polar surface area (TPSA) is 45.4 Å². The van der Waals surface area contributed by atoms with Crippen LogP contribution in [-0.4, -0.2) is 5.11 Å². The van der Waals surface area contributed by atoms with E-state index >= 15 is 0 Å². The van der Waals surface area contributed by atoms with Crippen molar-refractivity contribution in [2.45, 2.75) is 11.8 Å². The molecule has 0 saturated heterocycles. The highest BCUT2D eigenvalue weighted by Gasteiger charge is 2.46. The van der Waals surface area contributed by atoms with Gasteiger partial charge in [-0.3, -0.25) is 0 Å². The Balaban J connectivity index is 1.43. The number of anilines is 2. The van der Waals surface area contributed by atoms with E-state index in [2.05, 4.69) is 59.8 Å². The molecule has 0 amide bonds. The Kier molecular flexibility index (Phi) is 6.35. The normalized spacial score (nSPS) is 15.8. The van der Waals surface area contributed by atoms with Crippen LogP contribution >= 0.6 is 11.6 Å². The first-order valence-electron chi connectivity index (χ1n) is 13.8. The number of terminal acetylenes is 1. The fraction of sp³-hybridized carbons (Fsp3) is 0.0526. The fourth-order valence-corrected chi connectivity index (χ4v) is 6.73. The average Bonchev–Trinajstić information content (AvgIpc) is 3.54. The molecule has 1 aromatic heterocycles. The molecule has 0 aliphatic heterocycles. The summed E-state index contributed by atoms with van der Waals surface area (Å²) < 4.78 is 6.05. The molecular weight excluding hydrogens is 538 g/mol. The highest BCUT2D eigenvalue weighted by molar-refractivity contribution is 6.40. The molecule has 1 aliphatic carbocycles. The van der Waals surface area contributed by atoms with Gasteiger partial charge >= 0.3 is 0 Å². The summed E-state index contributed by atoms with van der Waals surface area (Å²) >= 11 is 7.06. The van der Waals surface area contributed by atoms with Crippen LogP contribution in [0.1, 0.15) is 23.1 Å². The van der Waals surface area contributed by atoms with Crippen molar-refractivity contribution in [3.63, 3.8) is 0 Å². The fourth-order valence-electron chi connectivity index (χ4n) is 6.43.